The molecule has 1 aromatic carbocycles. The molecule has 57 heavy (non-hydrogen) atoms. The lowest BCUT2D eigenvalue weighted by Gasteiger charge is -2.36. The fourth-order valence-corrected chi connectivity index (χ4v) is 7.25. The predicted octanol–water partition coefficient (Wildman–Crippen LogP) is 2.43. The molecule has 1 aromatic rings. The lowest BCUT2D eigenvalue weighted by molar-refractivity contribution is -0.157. The number of carbonyl (C=O) groups is 7. The van der Waals surface area contributed by atoms with Crippen molar-refractivity contribution in [2.75, 3.05) is 26.7 Å². The van der Waals surface area contributed by atoms with Crippen LogP contribution in [0.4, 0.5) is 4.79 Å². The van der Waals surface area contributed by atoms with E-state index in [1.807, 2.05) is 19.9 Å². The summed E-state index contributed by atoms with van der Waals surface area (Å²) in [6.45, 7) is 6.17. The SMILES string of the molecule is CCCCCC[C@H]1OC(=O)CNC(=O)[C@H](CN)NC(=O)[C@H](CNC(=O)OCc2ccccc2)NC(=O)[C@H](C2CCCCC2)NC(=O)[C@H](CC(C)C)N(C)C(=O)[C@@H]1C. The van der Waals surface area contributed by atoms with E-state index in [1.54, 1.807) is 31.2 Å². The standard InChI is InChI=1S/C41H65N7O9/c1-6-7-8-15-20-33-27(4)40(54)48(5)32(21-26(2)3)38(52)47-35(29-18-13-10-14-19-29)39(53)46-31(23-44-41(55)56-25-28-16-11-9-12-17-28)37(51)45-30(22-42)36(50)43-24-34(49)57-33/h9,11-12,16-17,26-27,29-33,35H,6-8,10,13-15,18-25,42H2,1-5H3,(H,43,50)(H,44,55)(H,45,51)(H,46,53)(H,47,52)/t27-,30+,31+,32+,33-,35+/m1/s1. The molecule has 0 bridgehead atoms. The number of nitrogens with two attached hydrogens (primary N) is 1. The number of carbonyl (C=O) groups excluding carboxylic acids is 7. The Morgan fingerprint density at radius 1 is 0.912 bits per heavy atom. The Labute approximate surface area is 336 Å². The van der Waals surface area contributed by atoms with Crippen LogP contribution in [0.3, 0.4) is 0 Å². The molecule has 1 aliphatic carbocycles. The van der Waals surface area contributed by atoms with Crippen LogP contribution < -0.4 is 32.3 Å². The Balaban J connectivity index is 1.99. The van der Waals surface area contributed by atoms with Gasteiger partial charge in [0, 0.05) is 13.6 Å². The van der Waals surface area contributed by atoms with Crippen molar-refractivity contribution in [3.8, 4) is 0 Å². The molecular formula is C41H65N7O9. The van der Waals surface area contributed by atoms with Crippen LogP contribution >= 0.6 is 0 Å². The maximum absolute atomic E-state index is 14.3. The summed E-state index contributed by atoms with van der Waals surface area (Å²) in [6.07, 6.45) is 6.39. The molecule has 0 aromatic heterocycles. The van der Waals surface area contributed by atoms with Gasteiger partial charge >= 0.3 is 12.1 Å². The second-order valence-electron chi connectivity index (χ2n) is 15.7. The van der Waals surface area contributed by atoms with E-state index in [0.29, 0.717) is 25.7 Å². The van der Waals surface area contributed by atoms with Gasteiger partial charge in [-0.2, -0.15) is 0 Å². The molecule has 16 heteroatoms. The molecule has 318 valence electrons. The van der Waals surface area contributed by atoms with Gasteiger partial charge in [-0.3, -0.25) is 28.8 Å². The van der Waals surface area contributed by atoms with Crippen molar-refractivity contribution in [1.29, 1.82) is 0 Å². The number of likely N-dealkylation sites (N-methyl/N-ethyl adjacent to an activating group) is 1. The van der Waals surface area contributed by atoms with Crippen LogP contribution in [0.1, 0.15) is 104 Å². The van der Waals surface area contributed by atoms with Crippen molar-refractivity contribution in [3.05, 3.63) is 35.9 Å². The molecule has 1 heterocycles. The molecule has 1 saturated heterocycles. The number of hydrogen-bond acceptors (Lipinski definition) is 10. The van der Waals surface area contributed by atoms with E-state index in [4.69, 9.17) is 15.2 Å². The number of nitrogens with zero attached hydrogens (tertiary/aromatic N) is 1. The van der Waals surface area contributed by atoms with Gasteiger partial charge in [0.2, 0.25) is 29.5 Å². The van der Waals surface area contributed by atoms with Crippen molar-refractivity contribution < 1.29 is 43.0 Å². The van der Waals surface area contributed by atoms with Gasteiger partial charge in [-0.15, -0.1) is 0 Å². The maximum atomic E-state index is 14.3. The second kappa shape index (κ2) is 24.1. The summed E-state index contributed by atoms with van der Waals surface area (Å²) >= 11 is 0. The molecular weight excluding hydrogens is 734 g/mol. The van der Waals surface area contributed by atoms with E-state index in [2.05, 4.69) is 33.5 Å². The summed E-state index contributed by atoms with van der Waals surface area (Å²) in [5, 5.41) is 13.1. The van der Waals surface area contributed by atoms with Gasteiger partial charge in [0.1, 0.15) is 43.4 Å². The molecule has 3 rings (SSSR count). The molecule has 1 saturated carbocycles. The molecule has 6 atom stereocenters. The number of alkyl carbamates (subject to hydrolysis) is 1. The second-order valence-corrected chi connectivity index (χ2v) is 15.7. The number of ether oxygens (including phenoxy) is 2. The zero-order valence-corrected chi connectivity index (χ0v) is 34.3. The number of amides is 6. The van der Waals surface area contributed by atoms with Gasteiger partial charge in [0.25, 0.3) is 0 Å². The Bertz CT molecular complexity index is 1490. The molecule has 6 amide bonds. The highest BCUT2D eigenvalue weighted by Crippen LogP contribution is 2.28. The molecule has 0 radical (unpaired) electrons. The number of unbranched alkanes of at least 4 members (excludes halogenated alkanes) is 3. The number of cyclic esters (lactones) is 1. The third-order valence-corrected chi connectivity index (χ3v) is 10.7. The number of benzene rings is 1. The number of esters is 1. The quantitative estimate of drug-likeness (QED) is 0.126. The lowest BCUT2D eigenvalue weighted by atomic mass is 9.83. The number of hydrogen-bond donors (Lipinski definition) is 6. The van der Waals surface area contributed by atoms with Gasteiger partial charge in [0.15, 0.2) is 0 Å². The third kappa shape index (κ3) is 15.3. The smallest absolute Gasteiger partial charge is 0.407 e. The fourth-order valence-electron chi connectivity index (χ4n) is 7.25. The van der Waals surface area contributed by atoms with Gasteiger partial charge in [-0.1, -0.05) is 96.6 Å². The van der Waals surface area contributed by atoms with Crippen LogP contribution in [0, 0.1) is 17.8 Å². The Hall–Kier alpha value is -4.73. The van der Waals surface area contributed by atoms with E-state index in [0.717, 1.165) is 44.1 Å². The molecule has 1 aliphatic heterocycles. The first kappa shape index (κ1) is 46.7. The van der Waals surface area contributed by atoms with E-state index in [9.17, 15) is 33.6 Å². The zero-order chi connectivity index (χ0) is 41.9. The van der Waals surface area contributed by atoms with Crippen LogP contribution in [0.5, 0.6) is 0 Å². The average molecular weight is 800 g/mol. The summed E-state index contributed by atoms with van der Waals surface area (Å²) < 4.78 is 11.1. The van der Waals surface area contributed by atoms with Crippen molar-refractivity contribution in [2.45, 2.75) is 135 Å². The van der Waals surface area contributed by atoms with Crippen LogP contribution in [0.25, 0.3) is 0 Å². The minimum absolute atomic E-state index is 0.0163. The number of rotatable bonds is 13. The van der Waals surface area contributed by atoms with E-state index in [-0.39, 0.29) is 31.4 Å². The molecule has 0 unspecified atom stereocenters. The third-order valence-electron chi connectivity index (χ3n) is 10.7. The van der Waals surface area contributed by atoms with Crippen molar-refractivity contribution in [3.63, 3.8) is 0 Å². The lowest BCUT2D eigenvalue weighted by Crippen LogP contribution is -2.62. The van der Waals surface area contributed by atoms with Gasteiger partial charge < -0.3 is 46.7 Å². The Kier molecular flexibility index (Phi) is 19.8. The van der Waals surface area contributed by atoms with Crippen LogP contribution in [0.15, 0.2) is 30.3 Å². The maximum Gasteiger partial charge on any atom is 0.407 e. The summed E-state index contributed by atoms with van der Waals surface area (Å²) in [4.78, 5) is 97.1. The highest BCUT2D eigenvalue weighted by molar-refractivity contribution is 5.96. The Morgan fingerprint density at radius 3 is 2.25 bits per heavy atom. The minimum atomic E-state index is -1.44. The summed E-state index contributed by atoms with van der Waals surface area (Å²) in [6, 6.07) is 4.13. The average Bonchev–Trinajstić information content (AvgIpc) is 3.21. The van der Waals surface area contributed by atoms with Crippen LogP contribution in [-0.4, -0.2) is 103 Å². The van der Waals surface area contributed by atoms with Gasteiger partial charge in [-0.25, -0.2) is 4.79 Å². The Morgan fingerprint density at radius 2 is 1.60 bits per heavy atom. The molecule has 2 aliphatic rings. The molecule has 7 N–H and O–H groups in total. The largest absolute Gasteiger partial charge is 0.460 e. The first-order valence-corrected chi connectivity index (χ1v) is 20.5. The molecule has 16 nitrogen and oxygen atoms in total. The fraction of sp³-hybridized carbons (Fsp3) is 0.683. The van der Waals surface area contributed by atoms with Crippen molar-refractivity contribution in [1.82, 2.24) is 31.5 Å². The van der Waals surface area contributed by atoms with Crippen LogP contribution in [0.2, 0.25) is 0 Å². The summed E-state index contributed by atoms with van der Waals surface area (Å²) in [7, 11) is 1.54. The van der Waals surface area contributed by atoms with Crippen LogP contribution in [-0.2, 0) is 44.8 Å². The van der Waals surface area contributed by atoms with Gasteiger partial charge in [0.05, 0.1) is 12.5 Å². The topological polar surface area (TPSA) is 227 Å². The minimum Gasteiger partial charge on any atom is -0.460 e. The highest BCUT2D eigenvalue weighted by Gasteiger charge is 2.39. The monoisotopic (exact) mass is 799 g/mol. The molecule has 0 spiro atoms. The van der Waals surface area contributed by atoms with E-state index in [1.165, 1.54) is 11.9 Å². The molecule has 2 fully saturated rings. The normalized spacial score (nSPS) is 25.2. The first-order chi connectivity index (χ1) is 27.2. The predicted molar refractivity (Wildman–Crippen MR) is 213 cm³/mol. The zero-order valence-electron chi connectivity index (χ0n) is 34.3. The van der Waals surface area contributed by atoms with E-state index < -0.39 is 90.9 Å². The summed E-state index contributed by atoms with van der Waals surface area (Å²) in [5.41, 5.74) is 6.62. The number of nitrogens with one attached hydrogen (secondary N) is 5. The first-order valence-electron chi connectivity index (χ1n) is 20.5. The van der Waals surface area contributed by atoms with Gasteiger partial charge in [-0.05, 0) is 49.5 Å². The highest BCUT2D eigenvalue weighted by atomic mass is 16.6. The van der Waals surface area contributed by atoms with Crippen molar-refractivity contribution >= 4 is 41.6 Å². The van der Waals surface area contributed by atoms with Crippen molar-refractivity contribution in [2.24, 2.45) is 23.5 Å². The summed E-state index contributed by atoms with van der Waals surface area (Å²) in [5.74, 6) is -5.16. The van der Waals surface area contributed by atoms with E-state index >= 15 is 0 Å².